The largest absolute Gasteiger partial charge is 0.439 e. The number of aryl methyl sites for hydroxylation is 1. The summed E-state index contributed by atoms with van der Waals surface area (Å²) in [6, 6.07) is 5.77. The number of hydrogen-bond donors (Lipinski definition) is 1. The molecule has 10 nitrogen and oxygen atoms in total. The van der Waals surface area contributed by atoms with Crippen LogP contribution in [-0.4, -0.2) is 66.7 Å². The van der Waals surface area contributed by atoms with Gasteiger partial charge in [0, 0.05) is 43.0 Å². The van der Waals surface area contributed by atoms with E-state index in [9.17, 15) is 0 Å². The highest BCUT2D eigenvalue weighted by atomic mass is 16.3. The molecule has 0 aliphatic carbocycles. The summed E-state index contributed by atoms with van der Waals surface area (Å²) in [5.74, 6) is 2.36. The molecule has 4 aromatic rings. The molecule has 0 radical (unpaired) electrons. The van der Waals surface area contributed by atoms with E-state index in [0.717, 1.165) is 65.8 Å². The van der Waals surface area contributed by atoms with Gasteiger partial charge in [-0.1, -0.05) is 0 Å². The number of fused-ring (bicyclic) bond motifs is 1. The Morgan fingerprint density at radius 3 is 2.76 bits per heavy atom. The van der Waals surface area contributed by atoms with E-state index in [-0.39, 0.29) is 0 Å². The lowest BCUT2D eigenvalue weighted by molar-refractivity contribution is 0.228. The summed E-state index contributed by atoms with van der Waals surface area (Å²) in [6.45, 7) is 8.48. The highest BCUT2D eigenvalue weighted by molar-refractivity contribution is 5.78. The topological polar surface area (TPSA) is 113 Å². The van der Waals surface area contributed by atoms with Crippen LogP contribution in [0.3, 0.4) is 0 Å². The van der Waals surface area contributed by atoms with Gasteiger partial charge in [-0.25, -0.2) is 20.1 Å². The van der Waals surface area contributed by atoms with Gasteiger partial charge < -0.3 is 9.32 Å². The van der Waals surface area contributed by atoms with Crippen molar-refractivity contribution in [1.29, 1.82) is 0 Å². The first-order chi connectivity index (χ1) is 14.2. The minimum Gasteiger partial charge on any atom is -0.439 e. The molecule has 0 saturated carbocycles. The third-order valence-electron chi connectivity index (χ3n) is 5.39. The molecule has 0 amide bonds. The van der Waals surface area contributed by atoms with Crippen LogP contribution in [0.2, 0.25) is 0 Å². The molecule has 1 saturated heterocycles. The standard InChI is InChI=1S/C19H21N9O/c1-12-13(2)20-11-21-19(12)28-7-5-27(6-8-28)10-17-22-15-4-3-14(9-16(15)29-17)18-23-25-26-24-18/h3-4,9,11H,5-8,10H2,1-2H3,(H,23,24,25,26). The van der Waals surface area contributed by atoms with Gasteiger partial charge in [0.1, 0.15) is 17.7 Å². The highest BCUT2D eigenvalue weighted by Gasteiger charge is 2.21. The fraction of sp³-hybridized carbons (Fsp3) is 0.368. The number of hydrogen-bond acceptors (Lipinski definition) is 9. The highest BCUT2D eigenvalue weighted by Crippen LogP contribution is 2.24. The number of H-pyrrole nitrogens is 1. The number of aromatic nitrogens is 7. The van der Waals surface area contributed by atoms with Crippen molar-refractivity contribution in [3.63, 3.8) is 0 Å². The van der Waals surface area contributed by atoms with Crippen LogP contribution in [-0.2, 0) is 6.54 Å². The summed E-state index contributed by atoms with van der Waals surface area (Å²) in [4.78, 5) is 18.0. The molecule has 1 aliphatic rings. The van der Waals surface area contributed by atoms with Crippen LogP contribution in [0.1, 0.15) is 17.1 Å². The van der Waals surface area contributed by atoms with E-state index in [4.69, 9.17) is 4.42 Å². The first-order valence-electron chi connectivity index (χ1n) is 9.56. The number of aromatic amines is 1. The quantitative estimate of drug-likeness (QED) is 0.555. The van der Waals surface area contributed by atoms with Crippen LogP contribution in [0.5, 0.6) is 0 Å². The molecule has 148 valence electrons. The maximum absolute atomic E-state index is 5.99. The normalized spacial score (nSPS) is 15.3. The summed E-state index contributed by atoms with van der Waals surface area (Å²) in [5, 5.41) is 13.9. The fourth-order valence-electron chi connectivity index (χ4n) is 3.62. The summed E-state index contributed by atoms with van der Waals surface area (Å²) in [7, 11) is 0. The van der Waals surface area contributed by atoms with E-state index in [1.807, 2.05) is 25.1 Å². The van der Waals surface area contributed by atoms with Crippen molar-refractivity contribution in [2.45, 2.75) is 20.4 Å². The second-order valence-electron chi connectivity index (χ2n) is 7.21. The van der Waals surface area contributed by atoms with Gasteiger partial charge in [-0.05, 0) is 42.5 Å². The maximum atomic E-state index is 5.99. The summed E-state index contributed by atoms with van der Waals surface area (Å²) in [5.41, 5.74) is 4.62. The molecule has 0 spiro atoms. The minimum absolute atomic E-state index is 0.608. The maximum Gasteiger partial charge on any atom is 0.209 e. The molecule has 1 aliphatic heterocycles. The molecule has 1 N–H and O–H groups in total. The monoisotopic (exact) mass is 391 g/mol. The smallest absolute Gasteiger partial charge is 0.209 e. The van der Waals surface area contributed by atoms with Crippen LogP contribution in [0, 0.1) is 13.8 Å². The van der Waals surface area contributed by atoms with Crippen molar-refractivity contribution < 1.29 is 4.42 Å². The number of anilines is 1. The SMILES string of the molecule is Cc1ncnc(N2CCN(Cc3nc4ccc(-c5nnn[nH]5)cc4o3)CC2)c1C. The second kappa shape index (κ2) is 7.21. The molecule has 0 unspecified atom stereocenters. The van der Waals surface area contributed by atoms with Crippen molar-refractivity contribution in [2.24, 2.45) is 0 Å². The van der Waals surface area contributed by atoms with Gasteiger partial charge in [0.2, 0.25) is 5.89 Å². The van der Waals surface area contributed by atoms with Crippen LogP contribution in [0.4, 0.5) is 5.82 Å². The van der Waals surface area contributed by atoms with E-state index in [0.29, 0.717) is 12.4 Å². The number of benzene rings is 1. The molecule has 4 heterocycles. The summed E-state index contributed by atoms with van der Waals surface area (Å²) >= 11 is 0. The van der Waals surface area contributed by atoms with E-state index >= 15 is 0 Å². The predicted molar refractivity (Wildman–Crippen MR) is 106 cm³/mol. The lowest BCUT2D eigenvalue weighted by Crippen LogP contribution is -2.46. The average molecular weight is 391 g/mol. The zero-order valence-electron chi connectivity index (χ0n) is 16.3. The molecular weight excluding hydrogens is 370 g/mol. The van der Waals surface area contributed by atoms with Crippen LogP contribution >= 0.6 is 0 Å². The number of nitrogens with zero attached hydrogens (tertiary/aromatic N) is 8. The van der Waals surface area contributed by atoms with Crippen molar-refractivity contribution >= 4 is 16.9 Å². The fourth-order valence-corrected chi connectivity index (χ4v) is 3.62. The first-order valence-corrected chi connectivity index (χ1v) is 9.56. The van der Waals surface area contributed by atoms with Crippen molar-refractivity contribution in [1.82, 2.24) is 40.5 Å². The Hall–Kier alpha value is -3.40. The Kier molecular flexibility index (Phi) is 4.39. The summed E-state index contributed by atoms with van der Waals surface area (Å²) < 4.78 is 5.99. The van der Waals surface area contributed by atoms with E-state index in [1.54, 1.807) is 6.33 Å². The zero-order valence-corrected chi connectivity index (χ0v) is 16.3. The minimum atomic E-state index is 0.608. The average Bonchev–Trinajstić information content (AvgIpc) is 3.40. The van der Waals surface area contributed by atoms with Crippen molar-refractivity contribution in [3.8, 4) is 11.4 Å². The summed E-state index contributed by atoms with van der Waals surface area (Å²) in [6.07, 6.45) is 1.64. The number of rotatable bonds is 4. The number of tetrazole rings is 1. The van der Waals surface area contributed by atoms with Gasteiger partial charge in [-0.15, -0.1) is 5.10 Å². The number of piperazine rings is 1. The zero-order chi connectivity index (χ0) is 19.8. The van der Waals surface area contributed by atoms with Gasteiger partial charge in [-0.3, -0.25) is 4.90 Å². The lowest BCUT2D eigenvalue weighted by Gasteiger charge is -2.35. The van der Waals surface area contributed by atoms with Gasteiger partial charge >= 0.3 is 0 Å². The molecule has 1 aromatic carbocycles. The molecule has 3 aromatic heterocycles. The number of nitrogens with one attached hydrogen (secondary N) is 1. The Morgan fingerprint density at radius 2 is 1.97 bits per heavy atom. The van der Waals surface area contributed by atoms with Gasteiger partial charge in [0.15, 0.2) is 11.4 Å². The molecule has 10 heteroatoms. The van der Waals surface area contributed by atoms with Gasteiger partial charge in [0.25, 0.3) is 0 Å². The Balaban J connectivity index is 1.27. The van der Waals surface area contributed by atoms with Crippen LogP contribution in [0.25, 0.3) is 22.5 Å². The number of oxazole rings is 1. The third-order valence-corrected chi connectivity index (χ3v) is 5.39. The lowest BCUT2D eigenvalue weighted by atomic mass is 10.2. The molecule has 29 heavy (non-hydrogen) atoms. The molecule has 0 atom stereocenters. The van der Waals surface area contributed by atoms with E-state index in [2.05, 4.69) is 52.3 Å². The second-order valence-corrected chi connectivity index (χ2v) is 7.21. The predicted octanol–water partition coefficient (Wildman–Crippen LogP) is 1.74. The van der Waals surface area contributed by atoms with Crippen LogP contribution < -0.4 is 4.90 Å². The molecular formula is C19H21N9O. The van der Waals surface area contributed by atoms with Gasteiger partial charge in [0.05, 0.1) is 6.54 Å². The van der Waals surface area contributed by atoms with Gasteiger partial charge in [-0.2, -0.15) is 0 Å². The Morgan fingerprint density at radius 1 is 1.10 bits per heavy atom. The molecule has 5 rings (SSSR count). The van der Waals surface area contributed by atoms with Crippen molar-refractivity contribution in [3.05, 3.63) is 41.7 Å². The molecule has 1 fully saturated rings. The first kappa shape index (κ1) is 17.7. The Labute approximate surface area is 167 Å². The Bertz CT molecular complexity index is 1130. The third kappa shape index (κ3) is 3.42. The van der Waals surface area contributed by atoms with Crippen molar-refractivity contribution in [2.75, 3.05) is 31.1 Å². The van der Waals surface area contributed by atoms with E-state index < -0.39 is 0 Å². The van der Waals surface area contributed by atoms with Crippen LogP contribution in [0.15, 0.2) is 28.9 Å². The van der Waals surface area contributed by atoms with E-state index in [1.165, 1.54) is 0 Å². The molecule has 0 bridgehead atoms.